The highest BCUT2D eigenvalue weighted by molar-refractivity contribution is 9.11. The molecular weight excluding hydrogens is 326 g/mol. The lowest BCUT2D eigenvalue weighted by molar-refractivity contribution is 0.0894. The quantitative estimate of drug-likeness (QED) is 0.781. The molecule has 0 amide bonds. The van der Waals surface area contributed by atoms with Gasteiger partial charge in [0.2, 0.25) is 0 Å². The Hall–Kier alpha value is -0.260. The molecule has 0 radical (unpaired) electrons. The summed E-state index contributed by atoms with van der Waals surface area (Å²) >= 11 is 6.64. The summed E-state index contributed by atoms with van der Waals surface area (Å²) in [5, 5.41) is 0. The average Bonchev–Trinajstić information content (AvgIpc) is 2.69. The zero-order chi connectivity index (χ0) is 10.8. The van der Waals surface area contributed by atoms with Crippen molar-refractivity contribution in [1.29, 1.82) is 0 Å². The zero-order valence-corrected chi connectivity index (χ0v) is 11.0. The number of halogens is 2. The molecule has 1 unspecified atom stereocenters. The molecule has 1 aromatic rings. The third-order valence-corrected chi connectivity index (χ3v) is 3.38. The lowest BCUT2D eigenvalue weighted by Gasteiger charge is -2.07. The molecule has 5 heteroatoms. The Morgan fingerprint density at radius 1 is 1.53 bits per heavy atom. The summed E-state index contributed by atoms with van der Waals surface area (Å²) in [6, 6.07) is 1.83. The number of ether oxygens (including phenoxy) is 1. The summed E-state index contributed by atoms with van der Waals surface area (Å²) in [4.78, 5) is 16.1. The van der Waals surface area contributed by atoms with Gasteiger partial charge in [0.05, 0.1) is 6.61 Å². The summed E-state index contributed by atoms with van der Waals surface area (Å²) in [6.07, 6.45) is 2.43. The number of hydrogen-bond donors (Lipinski definition) is 0. The highest BCUT2D eigenvalue weighted by Crippen LogP contribution is 2.24. The van der Waals surface area contributed by atoms with Crippen molar-refractivity contribution in [2.24, 2.45) is 5.92 Å². The van der Waals surface area contributed by atoms with E-state index in [4.69, 9.17) is 4.74 Å². The number of hydrogen-bond acceptors (Lipinski definition) is 3. The van der Waals surface area contributed by atoms with E-state index in [0.29, 0.717) is 18.9 Å². The van der Waals surface area contributed by atoms with Crippen molar-refractivity contribution < 1.29 is 9.53 Å². The van der Waals surface area contributed by atoms with Crippen LogP contribution in [0.3, 0.4) is 0 Å². The first-order valence-electron chi connectivity index (χ1n) is 4.61. The van der Waals surface area contributed by atoms with E-state index < -0.39 is 0 Å². The molecule has 0 aromatic carbocycles. The normalized spacial score (nSPS) is 20.5. The first-order valence-corrected chi connectivity index (χ1v) is 6.20. The van der Waals surface area contributed by atoms with Crippen LogP contribution in [0, 0.1) is 5.92 Å². The molecule has 0 spiro atoms. The predicted molar refractivity (Wildman–Crippen MR) is 62.9 cm³/mol. The van der Waals surface area contributed by atoms with E-state index in [2.05, 4.69) is 36.8 Å². The smallest absolute Gasteiger partial charge is 0.187 e. The largest absolute Gasteiger partial charge is 0.381 e. The first-order chi connectivity index (χ1) is 7.18. The molecule has 1 saturated heterocycles. The summed E-state index contributed by atoms with van der Waals surface area (Å²) in [5.74, 6) is 0.0295. The second kappa shape index (κ2) is 4.72. The molecule has 1 aromatic heterocycles. The second-order valence-corrected chi connectivity index (χ2v) is 5.18. The first kappa shape index (κ1) is 11.2. The third kappa shape index (κ3) is 2.46. The molecule has 0 bridgehead atoms. The highest BCUT2D eigenvalue weighted by atomic mass is 79.9. The van der Waals surface area contributed by atoms with Crippen LogP contribution in [-0.4, -0.2) is 24.0 Å². The van der Waals surface area contributed by atoms with Crippen LogP contribution in [-0.2, 0) is 4.74 Å². The predicted octanol–water partition coefficient (Wildman–Crippen LogP) is 2.83. The summed E-state index contributed by atoms with van der Waals surface area (Å²) < 4.78 is 6.78. The Morgan fingerprint density at radius 3 is 2.93 bits per heavy atom. The van der Waals surface area contributed by atoms with Crippen molar-refractivity contribution in [1.82, 2.24) is 4.98 Å². The van der Waals surface area contributed by atoms with E-state index in [-0.39, 0.29) is 11.7 Å². The van der Waals surface area contributed by atoms with Crippen molar-refractivity contribution in [3.05, 3.63) is 26.9 Å². The number of carbonyl (C=O) groups excluding carboxylic acids is 1. The fourth-order valence-corrected chi connectivity index (χ4v) is 2.71. The van der Waals surface area contributed by atoms with Crippen molar-refractivity contribution in [3.63, 3.8) is 0 Å². The lowest BCUT2D eigenvalue weighted by atomic mass is 10.0. The van der Waals surface area contributed by atoms with Crippen LogP contribution < -0.4 is 0 Å². The monoisotopic (exact) mass is 333 g/mol. The molecule has 0 saturated carbocycles. The maximum Gasteiger partial charge on any atom is 0.187 e. The average molecular weight is 335 g/mol. The van der Waals surface area contributed by atoms with Gasteiger partial charge in [0, 0.05) is 27.7 Å². The van der Waals surface area contributed by atoms with Crippen molar-refractivity contribution >= 4 is 37.6 Å². The van der Waals surface area contributed by atoms with Crippen LogP contribution in [0.4, 0.5) is 0 Å². The van der Waals surface area contributed by atoms with Crippen molar-refractivity contribution in [2.75, 3.05) is 13.2 Å². The van der Waals surface area contributed by atoms with Crippen LogP contribution in [0.25, 0.3) is 0 Å². The summed E-state index contributed by atoms with van der Waals surface area (Å²) in [5.41, 5.74) is 0.494. The van der Waals surface area contributed by atoms with Crippen LogP contribution in [0.15, 0.2) is 21.2 Å². The van der Waals surface area contributed by atoms with Gasteiger partial charge in [0.1, 0.15) is 5.69 Å². The maximum atomic E-state index is 12.0. The van der Waals surface area contributed by atoms with Gasteiger partial charge in [0.15, 0.2) is 5.78 Å². The molecule has 15 heavy (non-hydrogen) atoms. The Bertz CT molecular complexity index is 389. The number of pyridine rings is 1. The standard InChI is InChI=1S/C10H9Br2NO2/c11-7-3-8(12)9(13-4-7)10(14)6-1-2-15-5-6/h3-4,6H,1-2,5H2. The molecule has 1 aliphatic heterocycles. The topological polar surface area (TPSA) is 39.2 Å². The minimum atomic E-state index is -0.0324. The van der Waals surface area contributed by atoms with Gasteiger partial charge < -0.3 is 4.74 Å². The molecule has 1 atom stereocenters. The molecule has 3 nitrogen and oxygen atoms in total. The van der Waals surface area contributed by atoms with Crippen molar-refractivity contribution in [3.8, 4) is 0 Å². The van der Waals surface area contributed by atoms with Gasteiger partial charge in [-0.3, -0.25) is 9.78 Å². The number of aromatic nitrogens is 1. The lowest BCUT2D eigenvalue weighted by Crippen LogP contribution is -2.16. The number of nitrogens with zero attached hydrogens (tertiary/aromatic N) is 1. The van der Waals surface area contributed by atoms with Crippen LogP contribution in [0.2, 0.25) is 0 Å². The number of Topliss-reactive ketones (excluding diaryl/α,β-unsaturated/α-hetero) is 1. The molecule has 1 fully saturated rings. The molecule has 2 rings (SSSR count). The maximum absolute atomic E-state index is 12.0. The number of carbonyl (C=O) groups is 1. The number of ketones is 1. The molecule has 0 aliphatic carbocycles. The van der Waals surface area contributed by atoms with Crippen LogP contribution in [0.5, 0.6) is 0 Å². The van der Waals surface area contributed by atoms with Crippen LogP contribution in [0.1, 0.15) is 16.9 Å². The fraction of sp³-hybridized carbons (Fsp3) is 0.400. The second-order valence-electron chi connectivity index (χ2n) is 3.41. The van der Waals surface area contributed by atoms with Gasteiger partial charge in [-0.1, -0.05) is 0 Å². The molecular formula is C10H9Br2NO2. The molecule has 2 heterocycles. The van der Waals surface area contributed by atoms with Gasteiger partial charge in [-0.15, -0.1) is 0 Å². The van der Waals surface area contributed by atoms with E-state index in [9.17, 15) is 4.79 Å². The van der Waals surface area contributed by atoms with Gasteiger partial charge in [-0.05, 0) is 44.3 Å². The highest BCUT2D eigenvalue weighted by Gasteiger charge is 2.26. The van der Waals surface area contributed by atoms with Gasteiger partial charge in [0.25, 0.3) is 0 Å². The summed E-state index contributed by atoms with van der Waals surface area (Å²) in [7, 11) is 0. The fourth-order valence-electron chi connectivity index (χ4n) is 1.53. The van der Waals surface area contributed by atoms with Gasteiger partial charge >= 0.3 is 0 Å². The molecule has 0 N–H and O–H groups in total. The number of rotatable bonds is 2. The Labute approximate surface area is 104 Å². The Kier molecular flexibility index (Phi) is 3.53. The van der Waals surface area contributed by atoms with Gasteiger partial charge in [-0.2, -0.15) is 0 Å². The minimum Gasteiger partial charge on any atom is -0.381 e. The van der Waals surface area contributed by atoms with Crippen LogP contribution >= 0.6 is 31.9 Å². The SMILES string of the molecule is O=C(c1ncc(Br)cc1Br)C1CCOC1. The van der Waals surface area contributed by atoms with E-state index in [1.807, 2.05) is 6.07 Å². The zero-order valence-electron chi connectivity index (χ0n) is 7.87. The van der Waals surface area contributed by atoms with Gasteiger partial charge in [-0.25, -0.2) is 0 Å². The minimum absolute atomic E-state index is 0.0324. The third-order valence-electron chi connectivity index (χ3n) is 2.34. The van der Waals surface area contributed by atoms with E-state index in [0.717, 1.165) is 15.4 Å². The Morgan fingerprint density at radius 2 is 2.33 bits per heavy atom. The Balaban J connectivity index is 2.24. The summed E-state index contributed by atoms with van der Waals surface area (Å²) in [6.45, 7) is 1.19. The molecule has 80 valence electrons. The molecule has 1 aliphatic rings. The van der Waals surface area contributed by atoms with Crippen molar-refractivity contribution in [2.45, 2.75) is 6.42 Å². The van der Waals surface area contributed by atoms with E-state index in [1.54, 1.807) is 6.20 Å². The van der Waals surface area contributed by atoms with E-state index >= 15 is 0 Å². The van der Waals surface area contributed by atoms with E-state index in [1.165, 1.54) is 0 Å².